The molecule has 4 N–H and O–H groups in total. The molecule has 10 nitrogen and oxygen atoms in total. The molecule has 40 heavy (non-hydrogen) atoms. The third-order valence-corrected chi connectivity index (χ3v) is 8.48. The molecule has 214 valence electrons. The molecule has 1 aliphatic heterocycles. The van der Waals surface area contributed by atoms with E-state index >= 15 is 0 Å². The zero-order valence-electron chi connectivity index (χ0n) is 22.5. The summed E-state index contributed by atoms with van der Waals surface area (Å²) in [5, 5.41) is 19.6. The fraction of sp³-hybridized carbons (Fsp3) is 0.571. The summed E-state index contributed by atoms with van der Waals surface area (Å²) >= 11 is 0. The molecular formula is C28H36F2N8O2. The number of aliphatic hydroxyl groups excluding tert-OH is 1. The third kappa shape index (κ3) is 5.73. The zero-order valence-corrected chi connectivity index (χ0v) is 22.5. The van der Waals surface area contributed by atoms with Crippen LogP contribution in [0.1, 0.15) is 57.4 Å². The lowest BCUT2D eigenvalue weighted by atomic mass is 9.85. The SMILES string of the molecule is O=C([C@H]1CC[C@@H](n2c(Nc3ccc(F)cc3F)nc3cnc(NC4CCC(O)CC4)nc32)CC1)N1CCNCC1. The first-order valence-electron chi connectivity index (χ1n) is 14.4. The molecule has 0 bridgehead atoms. The van der Waals surface area contributed by atoms with Crippen molar-refractivity contribution in [2.45, 2.75) is 69.6 Å². The van der Waals surface area contributed by atoms with Crippen molar-refractivity contribution in [3.63, 3.8) is 0 Å². The number of carbonyl (C=O) groups is 1. The molecule has 1 aromatic carbocycles. The molecule has 2 aromatic heterocycles. The lowest BCUT2D eigenvalue weighted by Crippen LogP contribution is -2.48. The number of aromatic nitrogens is 4. The standard InChI is InChI=1S/C28H36F2N8O2/c29-18-3-10-23(22(30)15-18)34-28-35-24-16-32-27(33-19-4-8-21(39)9-5-19)36-25(24)38(28)20-6-1-17(2-7-20)26(40)37-13-11-31-12-14-37/h3,10,15-17,19-21,31,39H,1-2,4-9,11-14H2,(H,34,35)(H,32,33,36)/t17-,19?,20+,21?. The number of piperazine rings is 1. The molecule has 6 rings (SSSR count). The Balaban J connectivity index is 1.27. The summed E-state index contributed by atoms with van der Waals surface area (Å²) in [5.41, 5.74) is 1.30. The van der Waals surface area contributed by atoms with Crippen LogP contribution in [-0.2, 0) is 4.79 Å². The molecule has 3 aromatic rings. The van der Waals surface area contributed by atoms with Crippen LogP contribution in [0.2, 0.25) is 0 Å². The highest BCUT2D eigenvalue weighted by Crippen LogP contribution is 2.38. The van der Waals surface area contributed by atoms with Crippen LogP contribution >= 0.6 is 0 Å². The third-order valence-electron chi connectivity index (χ3n) is 8.48. The summed E-state index contributed by atoms with van der Waals surface area (Å²) in [6.07, 6.45) is 7.56. The molecule has 3 fully saturated rings. The molecule has 0 unspecified atom stereocenters. The predicted octanol–water partition coefficient (Wildman–Crippen LogP) is 3.73. The van der Waals surface area contributed by atoms with Gasteiger partial charge in [-0.25, -0.2) is 18.7 Å². The summed E-state index contributed by atoms with van der Waals surface area (Å²) in [6.45, 7) is 3.15. The van der Waals surface area contributed by atoms with Crippen LogP contribution in [0.25, 0.3) is 11.2 Å². The van der Waals surface area contributed by atoms with E-state index in [2.05, 4.69) is 20.9 Å². The van der Waals surface area contributed by atoms with Crippen molar-refractivity contribution in [2.75, 3.05) is 36.8 Å². The largest absolute Gasteiger partial charge is 0.393 e. The van der Waals surface area contributed by atoms with Gasteiger partial charge in [0.25, 0.3) is 0 Å². The Morgan fingerprint density at radius 2 is 1.75 bits per heavy atom. The van der Waals surface area contributed by atoms with Crippen molar-refractivity contribution in [3.05, 3.63) is 36.0 Å². The number of benzene rings is 1. The number of nitrogens with one attached hydrogen (secondary N) is 3. The van der Waals surface area contributed by atoms with E-state index in [0.29, 0.717) is 23.1 Å². The lowest BCUT2D eigenvalue weighted by molar-refractivity contribution is -0.137. The van der Waals surface area contributed by atoms with Crippen LogP contribution in [0.3, 0.4) is 0 Å². The summed E-state index contributed by atoms with van der Waals surface area (Å²) in [7, 11) is 0. The van der Waals surface area contributed by atoms with Crippen LogP contribution in [0, 0.1) is 17.6 Å². The van der Waals surface area contributed by atoms with Crippen molar-refractivity contribution in [3.8, 4) is 0 Å². The van der Waals surface area contributed by atoms with E-state index in [1.807, 2.05) is 9.47 Å². The maximum atomic E-state index is 14.6. The molecule has 1 amide bonds. The van der Waals surface area contributed by atoms with Crippen molar-refractivity contribution in [1.82, 2.24) is 29.7 Å². The van der Waals surface area contributed by atoms with Gasteiger partial charge in [-0.3, -0.25) is 9.36 Å². The predicted molar refractivity (Wildman–Crippen MR) is 147 cm³/mol. The van der Waals surface area contributed by atoms with E-state index in [1.54, 1.807) is 6.20 Å². The molecule has 0 atom stereocenters. The number of carbonyl (C=O) groups excluding carboxylic acids is 1. The number of nitrogens with zero attached hydrogens (tertiary/aromatic N) is 5. The monoisotopic (exact) mass is 554 g/mol. The number of imidazole rings is 1. The van der Waals surface area contributed by atoms with Crippen LogP contribution < -0.4 is 16.0 Å². The molecule has 0 radical (unpaired) electrons. The maximum absolute atomic E-state index is 14.6. The van der Waals surface area contributed by atoms with Gasteiger partial charge >= 0.3 is 0 Å². The van der Waals surface area contributed by atoms with Gasteiger partial charge in [0.2, 0.25) is 17.8 Å². The zero-order chi connectivity index (χ0) is 27.6. The van der Waals surface area contributed by atoms with E-state index < -0.39 is 11.6 Å². The first kappa shape index (κ1) is 26.8. The summed E-state index contributed by atoms with van der Waals surface area (Å²) in [5.74, 6) is -0.253. The average molecular weight is 555 g/mol. The highest BCUT2D eigenvalue weighted by atomic mass is 19.1. The molecule has 0 spiro atoms. The number of fused-ring (bicyclic) bond motifs is 1. The van der Waals surface area contributed by atoms with Crippen LogP contribution in [0.15, 0.2) is 24.4 Å². The van der Waals surface area contributed by atoms with E-state index in [9.17, 15) is 18.7 Å². The Labute approximate surface area is 231 Å². The van der Waals surface area contributed by atoms with Crippen molar-refractivity contribution >= 4 is 34.7 Å². The second-order valence-electron chi connectivity index (χ2n) is 11.2. The summed E-state index contributed by atoms with van der Waals surface area (Å²) in [6, 6.07) is 3.57. The summed E-state index contributed by atoms with van der Waals surface area (Å²) in [4.78, 5) is 29.1. The second-order valence-corrected chi connectivity index (χ2v) is 11.2. The van der Waals surface area contributed by atoms with E-state index in [0.717, 1.165) is 83.6 Å². The Morgan fingerprint density at radius 3 is 2.48 bits per heavy atom. The maximum Gasteiger partial charge on any atom is 0.225 e. The van der Waals surface area contributed by atoms with E-state index in [4.69, 9.17) is 9.97 Å². The normalized spacial score (nSPS) is 25.6. The van der Waals surface area contributed by atoms with Crippen molar-refractivity contribution < 1.29 is 18.7 Å². The molecular weight excluding hydrogens is 518 g/mol. The Hall–Kier alpha value is -3.38. The highest BCUT2D eigenvalue weighted by Gasteiger charge is 2.33. The van der Waals surface area contributed by atoms with Gasteiger partial charge in [-0.05, 0) is 63.5 Å². The van der Waals surface area contributed by atoms with Crippen LogP contribution in [-0.4, -0.2) is 73.8 Å². The minimum atomic E-state index is -0.711. The molecule has 2 saturated carbocycles. The fourth-order valence-electron chi connectivity index (χ4n) is 6.23. The number of hydrogen-bond acceptors (Lipinski definition) is 8. The van der Waals surface area contributed by atoms with Gasteiger partial charge in [-0.1, -0.05) is 0 Å². The fourth-order valence-corrected chi connectivity index (χ4v) is 6.23. The molecule has 3 aliphatic rings. The molecule has 1 saturated heterocycles. The average Bonchev–Trinajstić information content (AvgIpc) is 3.33. The van der Waals surface area contributed by atoms with Gasteiger partial charge in [0.05, 0.1) is 18.0 Å². The topological polar surface area (TPSA) is 120 Å². The van der Waals surface area contributed by atoms with E-state index in [1.165, 1.54) is 12.1 Å². The minimum Gasteiger partial charge on any atom is -0.393 e. The first-order valence-corrected chi connectivity index (χ1v) is 14.4. The van der Waals surface area contributed by atoms with Crippen LogP contribution in [0.4, 0.5) is 26.4 Å². The number of halogens is 2. The number of aliphatic hydroxyl groups is 1. The number of anilines is 3. The number of rotatable bonds is 6. The van der Waals surface area contributed by atoms with Gasteiger partial charge in [0, 0.05) is 50.2 Å². The van der Waals surface area contributed by atoms with Gasteiger partial charge in [-0.15, -0.1) is 0 Å². The van der Waals surface area contributed by atoms with Crippen LogP contribution in [0.5, 0.6) is 0 Å². The van der Waals surface area contributed by atoms with Gasteiger partial charge < -0.3 is 26.0 Å². The minimum absolute atomic E-state index is 0.00402. The Kier molecular flexibility index (Phi) is 7.79. The highest BCUT2D eigenvalue weighted by molar-refractivity contribution is 5.79. The summed E-state index contributed by atoms with van der Waals surface area (Å²) < 4.78 is 30.1. The van der Waals surface area contributed by atoms with Crippen molar-refractivity contribution in [1.29, 1.82) is 0 Å². The molecule has 2 aliphatic carbocycles. The van der Waals surface area contributed by atoms with Gasteiger partial charge in [0.15, 0.2) is 5.65 Å². The van der Waals surface area contributed by atoms with Gasteiger partial charge in [0.1, 0.15) is 17.2 Å². The number of amides is 1. The number of hydrogen-bond donors (Lipinski definition) is 4. The quantitative estimate of drug-likeness (QED) is 0.364. The molecule has 3 heterocycles. The van der Waals surface area contributed by atoms with Crippen molar-refractivity contribution in [2.24, 2.45) is 5.92 Å². The van der Waals surface area contributed by atoms with E-state index in [-0.39, 0.29) is 35.7 Å². The Bertz CT molecular complexity index is 1350. The molecule has 12 heteroatoms. The first-order chi connectivity index (χ1) is 19.4. The smallest absolute Gasteiger partial charge is 0.225 e. The lowest BCUT2D eigenvalue weighted by Gasteiger charge is -2.35. The Morgan fingerprint density at radius 1 is 1.00 bits per heavy atom. The van der Waals surface area contributed by atoms with Gasteiger partial charge in [-0.2, -0.15) is 4.98 Å². The second kappa shape index (κ2) is 11.6.